The van der Waals surface area contributed by atoms with Crippen molar-refractivity contribution in [3.8, 4) is 0 Å². The van der Waals surface area contributed by atoms with Crippen LogP contribution in [0.2, 0.25) is 0 Å². The maximum atomic E-state index is 14.0. The number of carbonyl (C=O) groups is 1. The zero-order valence-electron chi connectivity index (χ0n) is 22.1. The van der Waals surface area contributed by atoms with E-state index in [-0.39, 0.29) is 23.0 Å². The number of aliphatic carboxylic acids is 1. The topological polar surface area (TPSA) is 86.7 Å². The van der Waals surface area contributed by atoms with Gasteiger partial charge in [0, 0.05) is 24.2 Å². The summed E-state index contributed by atoms with van der Waals surface area (Å²) in [5.41, 5.74) is 1.72. The molecule has 8 heteroatoms. The minimum Gasteiger partial charge on any atom is -0.480 e. The minimum absolute atomic E-state index is 0.0691. The van der Waals surface area contributed by atoms with Crippen LogP contribution in [0.15, 0.2) is 41.3 Å². The third-order valence-corrected chi connectivity index (χ3v) is 10.1. The van der Waals surface area contributed by atoms with Gasteiger partial charge in [-0.1, -0.05) is 39.5 Å². The highest BCUT2D eigenvalue weighted by Gasteiger charge is 2.50. The Kier molecular flexibility index (Phi) is 8.00. The predicted molar refractivity (Wildman–Crippen MR) is 145 cm³/mol. The summed E-state index contributed by atoms with van der Waals surface area (Å²) in [5, 5.41) is 12.7. The molecular formula is C29H39FN2O4S. The van der Waals surface area contributed by atoms with Gasteiger partial charge in [-0.25, -0.2) is 12.8 Å². The SMILES string of the molecule is CCCCC1(CCCC)CN(c2ccc(F)cc2)c2cc(C)c(CNC3(C(=O)O)CC3)cc2S(=O)(=O)C1. The third-order valence-electron chi connectivity index (χ3n) is 8.07. The first-order valence-corrected chi connectivity index (χ1v) is 15.1. The lowest BCUT2D eigenvalue weighted by Crippen LogP contribution is -2.38. The molecule has 0 radical (unpaired) electrons. The smallest absolute Gasteiger partial charge is 0.323 e. The van der Waals surface area contributed by atoms with Crippen molar-refractivity contribution in [2.24, 2.45) is 5.41 Å². The average molecular weight is 531 g/mol. The summed E-state index contributed by atoms with van der Waals surface area (Å²) < 4.78 is 41.9. The van der Waals surface area contributed by atoms with Crippen LogP contribution in [0.3, 0.4) is 0 Å². The quantitative estimate of drug-likeness (QED) is 0.363. The second-order valence-corrected chi connectivity index (χ2v) is 13.0. The number of benzene rings is 2. The molecule has 2 aromatic carbocycles. The van der Waals surface area contributed by atoms with Gasteiger partial charge >= 0.3 is 5.97 Å². The summed E-state index contributed by atoms with van der Waals surface area (Å²) in [7, 11) is -3.65. The molecule has 0 saturated heterocycles. The molecule has 37 heavy (non-hydrogen) atoms. The van der Waals surface area contributed by atoms with Crippen LogP contribution in [0.4, 0.5) is 15.8 Å². The molecule has 6 nitrogen and oxygen atoms in total. The van der Waals surface area contributed by atoms with Crippen molar-refractivity contribution in [2.45, 2.75) is 89.1 Å². The molecule has 2 aromatic rings. The molecule has 0 aromatic heterocycles. The maximum Gasteiger partial charge on any atom is 0.323 e. The molecule has 0 bridgehead atoms. The summed E-state index contributed by atoms with van der Waals surface area (Å²) in [5.74, 6) is -1.13. The number of hydrogen-bond donors (Lipinski definition) is 2. The van der Waals surface area contributed by atoms with Gasteiger partial charge in [-0.05, 0) is 80.1 Å². The molecule has 1 saturated carbocycles. The van der Waals surface area contributed by atoms with E-state index in [0.29, 0.717) is 25.1 Å². The van der Waals surface area contributed by atoms with Gasteiger partial charge in [0.15, 0.2) is 9.84 Å². The van der Waals surface area contributed by atoms with Crippen molar-refractivity contribution in [1.29, 1.82) is 0 Å². The van der Waals surface area contributed by atoms with Crippen molar-refractivity contribution >= 4 is 27.2 Å². The van der Waals surface area contributed by atoms with E-state index in [2.05, 4.69) is 24.1 Å². The molecule has 4 rings (SSSR count). The number of aryl methyl sites for hydroxylation is 1. The van der Waals surface area contributed by atoms with Crippen LogP contribution in [-0.2, 0) is 21.2 Å². The maximum absolute atomic E-state index is 14.0. The Bertz CT molecular complexity index is 1230. The second-order valence-electron chi connectivity index (χ2n) is 11.0. The van der Waals surface area contributed by atoms with Gasteiger partial charge in [-0.3, -0.25) is 10.1 Å². The predicted octanol–water partition coefficient (Wildman–Crippen LogP) is 6.13. The van der Waals surface area contributed by atoms with Crippen molar-refractivity contribution in [1.82, 2.24) is 5.32 Å². The molecule has 1 heterocycles. The zero-order chi connectivity index (χ0) is 26.8. The highest BCUT2D eigenvalue weighted by molar-refractivity contribution is 7.91. The first kappa shape index (κ1) is 27.6. The molecule has 1 aliphatic carbocycles. The summed E-state index contributed by atoms with van der Waals surface area (Å²) in [6.07, 6.45) is 6.61. The van der Waals surface area contributed by atoms with Crippen LogP contribution in [0.5, 0.6) is 0 Å². The van der Waals surface area contributed by atoms with E-state index >= 15 is 0 Å². The molecule has 1 fully saturated rings. The lowest BCUT2D eigenvalue weighted by Gasteiger charge is -2.37. The number of sulfone groups is 1. The normalized spacial score (nSPS) is 19.2. The largest absolute Gasteiger partial charge is 0.480 e. The monoisotopic (exact) mass is 530 g/mol. The number of rotatable bonds is 11. The fraction of sp³-hybridized carbons (Fsp3) is 0.552. The van der Waals surface area contributed by atoms with Crippen LogP contribution in [0.1, 0.15) is 76.3 Å². The van der Waals surface area contributed by atoms with E-state index < -0.39 is 26.8 Å². The van der Waals surface area contributed by atoms with E-state index in [0.717, 1.165) is 55.3 Å². The van der Waals surface area contributed by atoms with Crippen LogP contribution in [-0.4, -0.2) is 37.3 Å². The van der Waals surface area contributed by atoms with Crippen molar-refractivity contribution < 1.29 is 22.7 Å². The number of halogens is 1. The molecule has 0 unspecified atom stereocenters. The summed E-state index contributed by atoms with van der Waals surface area (Å²) in [6.45, 7) is 7.01. The van der Waals surface area contributed by atoms with Crippen molar-refractivity contribution in [3.63, 3.8) is 0 Å². The fourth-order valence-corrected chi connectivity index (χ4v) is 7.70. The first-order valence-electron chi connectivity index (χ1n) is 13.4. The Balaban J connectivity index is 1.82. The number of fused-ring (bicyclic) bond motifs is 1. The number of hydrogen-bond acceptors (Lipinski definition) is 5. The Hall–Kier alpha value is -2.45. The van der Waals surface area contributed by atoms with Crippen molar-refractivity contribution in [3.05, 3.63) is 53.3 Å². The van der Waals surface area contributed by atoms with E-state index in [1.54, 1.807) is 18.2 Å². The molecule has 0 spiro atoms. The van der Waals surface area contributed by atoms with Gasteiger partial charge in [-0.15, -0.1) is 0 Å². The van der Waals surface area contributed by atoms with Crippen LogP contribution < -0.4 is 10.2 Å². The molecule has 2 aliphatic rings. The van der Waals surface area contributed by atoms with Crippen LogP contribution >= 0.6 is 0 Å². The molecular weight excluding hydrogens is 491 g/mol. The summed E-state index contributed by atoms with van der Waals surface area (Å²) in [6, 6.07) is 9.91. The Morgan fingerprint density at radius 3 is 2.24 bits per heavy atom. The van der Waals surface area contributed by atoms with E-state index in [4.69, 9.17) is 0 Å². The zero-order valence-corrected chi connectivity index (χ0v) is 23.0. The Labute approximate surface area is 220 Å². The van der Waals surface area contributed by atoms with E-state index in [1.165, 1.54) is 12.1 Å². The fourth-order valence-electron chi connectivity index (χ4n) is 5.55. The highest BCUT2D eigenvalue weighted by Crippen LogP contribution is 2.46. The Morgan fingerprint density at radius 2 is 1.70 bits per heavy atom. The molecule has 1 aliphatic heterocycles. The van der Waals surface area contributed by atoms with E-state index in [1.807, 2.05) is 13.0 Å². The summed E-state index contributed by atoms with van der Waals surface area (Å²) in [4.78, 5) is 14.0. The third kappa shape index (κ3) is 5.85. The molecule has 0 atom stereocenters. The average Bonchev–Trinajstić information content (AvgIpc) is 3.66. The number of carboxylic acids is 1. The van der Waals surface area contributed by atoms with Crippen LogP contribution in [0, 0.1) is 18.2 Å². The van der Waals surface area contributed by atoms with Crippen LogP contribution in [0.25, 0.3) is 0 Å². The second kappa shape index (κ2) is 10.7. The summed E-state index contributed by atoms with van der Waals surface area (Å²) >= 11 is 0. The van der Waals surface area contributed by atoms with Gasteiger partial charge in [0.2, 0.25) is 0 Å². The molecule has 0 amide bonds. The first-order chi connectivity index (χ1) is 17.5. The number of nitrogens with one attached hydrogen (secondary N) is 1. The van der Waals surface area contributed by atoms with Gasteiger partial charge in [0.25, 0.3) is 0 Å². The molecule has 2 N–H and O–H groups in total. The highest BCUT2D eigenvalue weighted by atomic mass is 32.2. The number of unbranched alkanes of at least 4 members (excludes halogenated alkanes) is 2. The number of nitrogens with zero attached hydrogens (tertiary/aromatic N) is 1. The van der Waals surface area contributed by atoms with Gasteiger partial charge < -0.3 is 10.0 Å². The van der Waals surface area contributed by atoms with Gasteiger partial charge in [-0.2, -0.15) is 0 Å². The number of carboxylic acid groups (broad SMARTS) is 1. The minimum atomic E-state index is -3.65. The van der Waals surface area contributed by atoms with E-state index in [9.17, 15) is 22.7 Å². The lowest BCUT2D eigenvalue weighted by atomic mass is 9.79. The van der Waals surface area contributed by atoms with Gasteiger partial charge in [0.05, 0.1) is 16.3 Å². The van der Waals surface area contributed by atoms with Gasteiger partial charge in [0.1, 0.15) is 11.4 Å². The number of anilines is 2. The lowest BCUT2D eigenvalue weighted by molar-refractivity contribution is -0.140. The Morgan fingerprint density at radius 1 is 1.08 bits per heavy atom. The van der Waals surface area contributed by atoms with Crippen molar-refractivity contribution in [2.75, 3.05) is 17.2 Å². The standard InChI is InChI=1S/C29H39FN2O4S/c1-4-6-12-28(13-7-5-2)19-32(24-10-8-23(30)9-11-24)25-16-21(3)22(17-26(25)37(35,36)20-28)18-31-29(14-15-29)27(33)34/h8-11,16-17,31H,4-7,12-15,18-20H2,1-3H3,(H,33,34). The molecule has 202 valence electrons.